The molecule has 0 rings (SSSR count). The fraction of sp³-hybridized carbons (Fsp3) is 0. The molecule has 6 radical (unpaired) electrons. The Morgan fingerprint density at radius 1 is 1.44 bits per heavy atom. The molecule has 0 saturated carbocycles. The van der Waals surface area contributed by atoms with Gasteiger partial charge in [0.05, 0.1) is 5.57 Å². The van der Waals surface area contributed by atoms with Crippen LogP contribution >= 0.6 is 0 Å². The van der Waals surface area contributed by atoms with Crippen LogP contribution in [0.4, 0.5) is 0 Å². The molecule has 9 heavy (non-hydrogen) atoms. The molecule has 0 fully saturated rings. The maximum atomic E-state index is 10.3. The highest BCUT2D eigenvalue weighted by Gasteiger charge is 2.09. The molecular formula is C4H2O3Si2. The van der Waals surface area contributed by atoms with Crippen LogP contribution < -0.4 is 0 Å². The molecule has 0 atom stereocenters. The first-order valence-electron chi connectivity index (χ1n) is 1.92. The molecule has 0 saturated heterocycles. The van der Waals surface area contributed by atoms with Crippen molar-refractivity contribution in [1.82, 2.24) is 0 Å². The third kappa shape index (κ3) is 2.38. The minimum Gasteiger partial charge on any atom is -0.512 e. The summed E-state index contributed by atoms with van der Waals surface area (Å²) in [6.07, 6.45) is 0. The van der Waals surface area contributed by atoms with Crippen LogP contribution in [0.1, 0.15) is 0 Å². The van der Waals surface area contributed by atoms with Gasteiger partial charge in [-0.05, 0) is 0 Å². The van der Waals surface area contributed by atoms with Crippen molar-refractivity contribution < 1.29 is 14.0 Å². The van der Waals surface area contributed by atoms with E-state index in [0.717, 1.165) is 0 Å². The van der Waals surface area contributed by atoms with Gasteiger partial charge in [0.25, 0.3) is 0 Å². The molecule has 44 valence electrons. The summed E-state index contributed by atoms with van der Waals surface area (Å²) in [5, 5.41) is -0.585. The van der Waals surface area contributed by atoms with Crippen molar-refractivity contribution in [3.05, 3.63) is 12.2 Å². The van der Waals surface area contributed by atoms with E-state index in [1.807, 2.05) is 0 Å². The minimum absolute atomic E-state index is 0.248. The quantitative estimate of drug-likeness (QED) is 0.219. The third-order valence-electron chi connectivity index (χ3n) is 0.613. The van der Waals surface area contributed by atoms with Gasteiger partial charge in [0.1, 0.15) is 15.6 Å². The van der Waals surface area contributed by atoms with Gasteiger partial charge >= 0.3 is 16.5 Å². The maximum Gasteiger partial charge on any atom is 0.345 e. The highest BCUT2D eigenvalue weighted by molar-refractivity contribution is 6.65. The zero-order valence-electron chi connectivity index (χ0n) is 4.43. The van der Waals surface area contributed by atoms with E-state index in [4.69, 9.17) is 0 Å². The molecule has 0 amide bonds. The predicted molar refractivity (Wildman–Crippen MR) is 31.7 cm³/mol. The molecule has 5 heteroatoms. The van der Waals surface area contributed by atoms with Gasteiger partial charge in [-0.2, -0.15) is 0 Å². The number of rotatable bonds is 2. The van der Waals surface area contributed by atoms with Gasteiger partial charge in [0, 0.05) is 0 Å². The Labute approximate surface area is 59.0 Å². The molecule has 0 heterocycles. The van der Waals surface area contributed by atoms with Crippen LogP contribution in [0.15, 0.2) is 12.2 Å². The zero-order chi connectivity index (χ0) is 7.44. The molecular weight excluding hydrogens is 152 g/mol. The second kappa shape index (κ2) is 3.36. The molecule has 0 aliphatic carbocycles. The largest absolute Gasteiger partial charge is 0.512 e. The Bertz CT molecular complexity index is 163. The van der Waals surface area contributed by atoms with Gasteiger partial charge in [-0.15, -0.1) is 0 Å². The molecule has 3 nitrogen and oxygen atoms in total. The van der Waals surface area contributed by atoms with Crippen LogP contribution in [-0.2, 0) is 14.0 Å². The lowest BCUT2D eigenvalue weighted by molar-refractivity contribution is -0.131. The lowest BCUT2D eigenvalue weighted by Gasteiger charge is -1.95. The van der Waals surface area contributed by atoms with Crippen molar-refractivity contribution in [3.8, 4) is 0 Å². The summed E-state index contributed by atoms with van der Waals surface area (Å²) in [4.78, 5) is 20.6. The molecule has 0 N–H and O–H groups in total. The normalized spacial score (nSPS) is 8.22. The van der Waals surface area contributed by atoms with Crippen molar-refractivity contribution in [2.75, 3.05) is 0 Å². The molecule has 0 aliphatic rings. The Morgan fingerprint density at radius 2 is 1.89 bits per heavy atom. The summed E-state index contributed by atoms with van der Waals surface area (Å²) in [6, 6.07) is 0. The summed E-state index contributed by atoms with van der Waals surface area (Å²) in [5.74, 6) is -0.799. The monoisotopic (exact) mass is 154 g/mol. The van der Waals surface area contributed by atoms with Crippen molar-refractivity contribution in [3.63, 3.8) is 0 Å². The van der Waals surface area contributed by atoms with Crippen molar-refractivity contribution in [1.29, 1.82) is 0 Å². The molecule has 0 aliphatic heterocycles. The third-order valence-corrected chi connectivity index (χ3v) is 1.10. The molecule has 0 aromatic carbocycles. The number of hydrogen-bond donors (Lipinski definition) is 0. The molecule has 0 spiro atoms. The van der Waals surface area contributed by atoms with Gasteiger partial charge in [0.15, 0.2) is 0 Å². The van der Waals surface area contributed by atoms with E-state index in [2.05, 4.69) is 31.7 Å². The highest BCUT2D eigenvalue weighted by Crippen LogP contribution is 1.90. The second-order valence-electron chi connectivity index (χ2n) is 1.20. The fourth-order valence-corrected chi connectivity index (χ4v) is 0.380. The summed E-state index contributed by atoms with van der Waals surface area (Å²) >= 11 is 0. The van der Waals surface area contributed by atoms with Crippen LogP contribution in [0.2, 0.25) is 0 Å². The van der Waals surface area contributed by atoms with Crippen molar-refractivity contribution >= 4 is 32.1 Å². The predicted octanol–water partition coefficient (Wildman–Crippen LogP) is -1.14. The van der Waals surface area contributed by atoms with E-state index in [1.165, 1.54) is 0 Å². The SMILES string of the molecule is C=C(C(=O)[Si])C(=O)O[Si]. The average molecular weight is 154 g/mol. The molecule has 0 unspecified atom stereocenters. The van der Waals surface area contributed by atoms with Crippen LogP contribution in [0.5, 0.6) is 0 Å². The summed E-state index contributed by atoms with van der Waals surface area (Å²) in [7, 11) is 5.01. The van der Waals surface area contributed by atoms with Crippen LogP contribution in [0.25, 0.3) is 0 Å². The van der Waals surface area contributed by atoms with Gasteiger partial charge < -0.3 is 9.22 Å². The average Bonchev–Trinajstić information content (AvgIpc) is 1.84. The van der Waals surface area contributed by atoms with E-state index in [1.54, 1.807) is 0 Å². The summed E-state index contributed by atoms with van der Waals surface area (Å²) in [6.45, 7) is 3.12. The number of carbonyl (C=O) groups is 2. The topological polar surface area (TPSA) is 43.4 Å². The molecule has 0 aromatic heterocycles. The highest BCUT2D eigenvalue weighted by atomic mass is 28.2. The Morgan fingerprint density at radius 3 is 2.00 bits per heavy atom. The van der Waals surface area contributed by atoms with Gasteiger partial charge in [0.2, 0.25) is 0 Å². The minimum atomic E-state index is -0.799. The standard InChI is InChI=1S/C4H2O3Si2/c1-2(4(6)8)3(5)7-9/h1H2. The van der Waals surface area contributed by atoms with E-state index < -0.39 is 11.4 Å². The van der Waals surface area contributed by atoms with Gasteiger partial charge in [-0.3, -0.25) is 0 Å². The van der Waals surface area contributed by atoms with E-state index in [-0.39, 0.29) is 5.57 Å². The summed E-state index contributed by atoms with van der Waals surface area (Å²) in [5.41, 5.74) is -0.248. The van der Waals surface area contributed by atoms with Crippen molar-refractivity contribution in [2.24, 2.45) is 0 Å². The number of carbonyl (C=O) groups excluding carboxylic acids is 2. The first-order chi connectivity index (χ1) is 4.09. The van der Waals surface area contributed by atoms with Gasteiger partial charge in [-0.1, -0.05) is 6.58 Å². The lowest BCUT2D eigenvalue weighted by atomic mass is 10.3. The Kier molecular flexibility index (Phi) is 3.10. The first-order valence-corrected chi connectivity index (χ1v) is 2.83. The zero-order valence-corrected chi connectivity index (χ0v) is 6.43. The van der Waals surface area contributed by atoms with Crippen LogP contribution in [0, 0.1) is 0 Å². The Hall–Kier alpha value is -0.686. The number of hydrogen-bond acceptors (Lipinski definition) is 3. The van der Waals surface area contributed by atoms with Gasteiger partial charge in [-0.25, -0.2) is 4.79 Å². The van der Waals surface area contributed by atoms with Crippen LogP contribution in [0.3, 0.4) is 0 Å². The van der Waals surface area contributed by atoms with E-state index >= 15 is 0 Å². The van der Waals surface area contributed by atoms with Crippen molar-refractivity contribution in [2.45, 2.75) is 0 Å². The Balaban J connectivity index is 4.05. The van der Waals surface area contributed by atoms with Crippen LogP contribution in [-0.4, -0.2) is 32.1 Å². The first kappa shape index (κ1) is 8.31. The maximum absolute atomic E-state index is 10.3. The molecule has 0 aromatic rings. The smallest absolute Gasteiger partial charge is 0.345 e. The van der Waals surface area contributed by atoms with E-state index in [9.17, 15) is 9.59 Å². The van der Waals surface area contributed by atoms with E-state index in [0.29, 0.717) is 0 Å². The summed E-state index contributed by atoms with van der Waals surface area (Å²) < 4.78 is 3.99. The second-order valence-corrected chi connectivity index (χ2v) is 1.86. The fourth-order valence-electron chi connectivity index (χ4n) is 0.154. The molecule has 0 bridgehead atoms. The lowest BCUT2D eigenvalue weighted by Crippen LogP contribution is -2.13.